The number of aliphatic hydroxyl groups is 1. The zero-order valence-electron chi connectivity index (χ0n) is 6.82. The molecule has 0 unspecified atom stereocenters. The Morgan fingerprint density at radius 2 is 2.38 bits per heavy atom. The minimum absolute atomic E-state index is 0.00140. The van der Waals surface area contributed by atoms with Gasteiger partial charge in [-0.15, -0.1) is 11.3 Å². The van der Waals surface area contributed by atoms with Gasteiger partial charge in [-0.3, -0.25) is 0 Å². The third kappa shape index (κ3) is 1.50. The van der Waals surface area contributed by atoms with Crippen LogP contribution in [0.5, 0.6) is 0 Å². The van der Waals surface area contributed by atoms with Gasteiger partial charge < -0.3 is 9.52 Å². The van der Waals surface area contributed by atoms with Crippen molar-refractivity contribution in [1.29, 1.82) is 0 Å². The summed E-state index contributed by atoms with van der Waals surface area (Å²) in [4.78, 5) is 11.3. The van der Waals surface area contributed by atoms with Gasteiger partial charge in [0.05, 0.1) is 6.61 Å². The molecule has 0 aliphatic rings. The highest BCUT2D eigenvalue weighted by Gasteiger charge is 2.04. The van der Waals surface area contributed by atoms with E-state index in [2.05, 4.69) is 0 Å². The lowest BCUT2D eigenvalue weighted by molar-refractivity contribution is 0.285. The first-order valence-electron chi connectivity index (χ1n) is 3.92. The van der Waals surface area contributed by atoms with Crippen molar-refractivity contribution in [2.45, 2.75) is 6.42 Å². The molecule has 1 N–H and O–H groups in total. The molecule has 2 rings (SSSR count). The van der Waals surface area contributed by atoms with Crippen LogP contribution >= 0.6 is 11.3 Å². The first-order chi connectivity index (χ1) is 6.31. The lowest BCUT2D eigenvalue weighted by atomic mass is 10.2. The lowest BCUT2D eigenvalue weighted by Crippen LogP contribution is -2.01. The Morgan fingerprint density at radius 1 is 1.54 bits per heavy atom. The minimum Gasteiger partial charge on any atom is -0.427 e. The van der Waals surface area contributed by atoms with Crippen LogP contribution in [0.2, 0.25) is 0 Å². The zero-order chi connectivity index (χ0) is 9.26. The fraction of sp³-hybridized carbons (Fsp3) is 0.222. The monoisotopic (exact) mass is 196 g/mol. The molecule has 0 radical (unpaired) electrons. The predicted octanol–water partition coefficient (Wildman–Crippen LogP) is 1.39. The molecule has 0 aliphatic carbocycles. The fourth-order valence-electron chi connectivity index (χ4n) is 1.20. The summed E-state index contributed by atoms with van der Waals surface area (Å²) >= 11 is 1.37. The van der Waals surface area contributed by atoms with Crippen molar-refractivity contribution in [3.05, 3.63) is 33.7 Å². The van der Waals surface area contributed by atoms with Crippen LogP contribution in [0.4, 0.5) is 0 Å². The highest BCUT2D eigenvalue weighted by molar-refractivity contribution is 7.17. The molecule has 2 aromatic rings. The Balaban J connectivity index is 2.63. The van der Waals surface area contributed by atoms with Crippen LogP contribution in [-0.4, -0.2) is 11.7 Å². The van der Waals surface area contributed by atoms with E-state index in [-0.39, 0.29) is 12.2 Å². The third-order valence-corrected chi connectivity index (χ3v) is 2.69. The van der Waals surface area contributed by atoms with Crippen molar-refractivity contribution in [2.24, 2.45) is 0 Å². The van der Waals surface area contributed by atoms with Crippen LogP contribution < -0.4 is 5.63 Å². The first-order valence-corrected chi connectivity index (χ1v) is 4.80. The Kier molecular flexibility index (Phi) is 2.16. The van der Waals surface area contributed by atoms with Gasteiger partial charge >= 0.3 is 5.63 Å². The Morgan fingerprint density at radius 3 is 3.15 bits per heavy atom. The van der Waals surface area contributed by atoms with Gasteiger partial charge in [-0.05, 0) is 17.5 Å². The van der Waals surface area contributed by atoms with E-state index in [0.717, 1.165) is 5.39 Å². The van der Waals surface area contributed by atoms with Crippen molar-refractivity contribution >= 4 is 21.4 Å². The fourth-order valence-corrected chi connectivity index (χ4v) is 1.95. The van der Waals surface area contributed by atoms with Crippen LogP contribution in [0, 0.1) is 0 Å². The highest BCUT2D eigenvalue weighted by Crippen LogP contribution is 2.17. The van der Waals surface area contributed by atoms with Crippen LogP contribution in [-0.2, 0) is 6.42 Å². The van der Waals surface area contributed by atoms with Crippen LogP contribution in [0.15, 0.2) is 26.7 Å². The Bertz CT molecular complexity index is 469. The van der Waals surface area contributed by atoms with Gasteiger partial charge in [-0.1, -0.05) is 0 Å². The minimum atomic E-state index is -0.309. The van der Waals surface area contributed by atoms with Crippen molar-refractivity contribution < 1.29 is 9.52 Å². The molecule has 0 saturated carbocycles. The maximum atomic E-state index is 11.3. The van der Waals surface area contributed by atoms with Crippen molar-refractivity contribution in [2.75, 3.05) is 6.61 Å². The molecule has 0 bridgehead atoms. The zero-order valence-corrected chi connectivity index (χ0v) is 7.63. The molecule has 4 heteroatoms. The van der Waals surface area contributed by atoms with Crippen molar-refractivity contribution in [3.63, 3.8) is 0 Å². The number of rotatable bonds is 2. The standard InChI is InChI=1S/C9H8O3S/c10-3-1-7-5-6-2-4-13-8(6)9(11)12-7/h2,4-5,10H,1,3H2. The van der Waals surface area contributed by atoms with Gasteiger partial charge in [-0.2, -0.15) is 0 Å². The maximum Gasteiger partial charge on any atom is 0.354 e. The van der Waals surface area contributed by atoms with Gasteiger partial charge in [-0.25, -0.2) is 4.79 Å². The number of hydrogen-bond donors (Lipinski definition) is 1. The molecule has 0 aliphatic heterocycles. The van der Waals surface area contributed by atoms with E-state index >= 15 is 0 Å². The molecule has 0 spiro atoms. The molecule has 0 saturated heterocycles. The van der Waals surface area contributed by atoms with Crippen LogP contribution in [0.25, 0.3) is 10.1 Å². The second kappa shape index (κ2) is 3.32. The molecule has 2 heterocycles. The quantitative estimate of drug-likeness (QED) is 0.789. The SMILES string of the molecule is O=c1oc(CCO)cc2ccsc12. The topological polar surface area (TPSA) is 50.4 Å². The highest BCUT2D eigenvalue weighted by atomic mass is 32.1. The summed E-state index contributed by atoms with van der Waals surface area (Å²) < 4.78 is 5.62. The lowest BCUT2D eigenvalue weighted by Gasteiger charge is -1.95. The summed E-state index contributed by atoms with van der Waals surface area (Å²) in [5, 5.41) is 11.4. The molecule has 0 fully saturated rings. The van der Waals surface area contributed by atoms with Gasteiger partial charge in [0.1, 0.15) is 10.5 Å². The van der Waals surface area contributed by atoms with E-state index in [1.165, 1.54) is 11.3 Å². The molecule has 0 aromatic carbocycles. The largest absolute Gasteiger partial charge is 0.427 e. The van der Waals surface area contributed by atoms with Gasteiger partial charge in [0.15, 0.2) is 0 Å². The van der Waals surface area contributed by atoms with Gasteiger partial charge in [0.2, 0.25) is 0 Å². The molecular formula is C9H8O3S. The second-order valence-corrected chi connectivity index (χ2v) is 3.59. The molecule has 3 nitrogen and oxygen atoms in total. The van der Waals surface area contributed by atoms with Crippen LogP contribution in [0.3, 0.4) is 0 Å². The van der Waals surface area contributed by atoms with Gasteiger partial charge in [0.25, 0.3) is 0 Å². The second-order valence-electron chi connectivity index (χ2n) is 2.68. The van der Waals surface area contributed by atoms with Crippen molar-refractivity contribution in [3.8, 4) is 0 Å². The average molecular weight is 196 g/mol. The summed E-state index contributed by atoms with van der Waals surface area (Å²) in [5.41, 5.74) is -0.309. The summed E-state index contributed by atoms with van der Waals surface area (Å²) in [7, 11) is 0. The summed E-state index contributed by atoms with van der Waals surface area (Å²) in [6, 6.07) is 3.67. The molecule has 0 atom stereocenters. The Labute approximate surface area is 78.2 Å². The van der Waals surface area contributed by atoms with E-state index in [4.69, 9.17) is 9.52 Å². The third-order valence-electron chi connectivity index (χ3n) is 1.78. The van der Waals surface area contributed by atoms with Crippen LogP contribution in [0.1, 0.15) is 5.76 Å². The maximum absolute atomic E-state index is 11.3. The number of hydrogen-bond acceptors (Lipinski definition) is 4. The smallest absolute Gasteiger partial charge is 0.354 e. The van der Waals surface area contributed by atoms with E-state index in [0.29, 0.717) is 16.9 Å². The van der Waals surface area contributed by atoms with E-state index in [9.17, 15) is 4.79 Å². The number of aliphatic hydroxyl groups excluding tert-OH is 1. The molecule has 13 heavy (non-hydrogen) atoms. The Hall–Kier alpha value is -1.13. The van der Waals surface area contributed by atoms with E-state index in [1.54, 1.807) is 6.07 Å². The van der Waals surface area contributed by atoms with E-state index < -0.39 is 0 Å². The molecule has 0 amide bonds. The average Bonchev–Trinajstić information content (AvgIpc) is 2.53. The molecular weight excluding hydrogens is 188 g/mol. The summed E-state index contributed by atoms with van der Waals surface area (Å²) in [5.74, 6) is 0.540. The summed E-state index contributed by atoms with van der Waals surface area (Å²) in [6.45, 7) is -0.00140. The number of thiophene rings is 1. The van der Waals surface area contributed by atoms with Crippen molar-refractivity contribution in [1.82, 2.24) is 0 Å². The normalized spacial score (nSPS) is 10.8. The molecule has 2 aromatic heterocycles. The summed E-state index contributed by atoms with van der Waals surface area (Å²) in [6.07, 6.45) is 0.390. The predicted molar refractivity (Wildman–Crippen MR) is 51.2 cm³/mol. The number of fused-ring (bicyclic) bond motifs is 1. The van der Waals surface area contributed by atoms with E-state index in [1.807, 2.05) is 11.4 Å². The molecule has 68 valence electrons. The van der Waals surface area contributed by atoms with Gasteiger partial charge in [0, 0.05) is 11.8 Å². The first kappa shape index (κ1) is 8.47.